The van der Waals surface area contributed by atoms with Gasteiger partial charge in [0.05, 0.1) is 25.5 Å². The molecule has 1 aliphatic rings. The van der Waals surface area contributed by atoms with Crippen molar-refractivity contribution in [2.75, 3.05) is 24.9 Å². The SMILES string of the molecule is CC[C@H](OC(=O)c1cc(OC)c(OC)cc1NC(=O)C1CCCC1)C(=O)Nc1cc(C)on1. The summed E-state index contributed by atoms with van der Waals surface area (Å²) in [6, 6.07) is 4.50. The van der Waals surface area contributed by atoms with Gasteiger partial charge < -0.3 is 29.4 Å². The van der Waals surface area contributed by atoms with Crippen molar-refractivity contribution in [2.45, 2.75) is 52.1 Å². The van der Waals surface area contributed by atoms with Gasteiger partial charge in [-0.3, -0.25) is 9.59 Å². The summed E-state index contributed by atoms with van der Waals surface area (Å²) in [5.41, 5.74) is 0.291. The third kappa shape index (κ3) is 5.82. The van der Waals surface area contributed by atoms with Crippen LogP contribution in [0.2, 0.25) is 0 Å². The van der Waals surface area contributed by atoms with Crippen molar-refractivity contribution in [1.29, 1.82) is 0 Å². The zero-order chi connectivity index (χ0) is 24.0. The van der Waals surface area contributed by atoms with Crippen molar-refractivity contribution in [2.24, 2.45) is 5.92 Å². The Labute approximate surface area is 191 Å². The van der Waals surface area contributed by atoms with Crippen LogP contribution in [0.25, 0.3) is 0 Å². The fraction of sp³-hybridized carbons (Fsp3) is 0.478. The highest BCUT2D eigenvalue weighted by atomic mass is 16.5. The van der Waals surface area contributed by atoms with Crippen LogP contribution in [0, 0.1) is 12.8 Å². The van der Waals surface area contributed by atoms with Crippen LogP contribution < -0.4 is 20.1 Å². The number of carbonyl (C=O) groups is 3. The average Bonchev–Trinajstić information content (AvgIpc) is 3.48. The Kier molecular flexibility index (Phi) is 7.92. The summed E-state index contributed by atoms with van der Waals surface area (Å²) in [4.78, 5) is 38.4. The molecule has 10 heteroatoms. The van der Waals surface area contributed by atoms with Gasteiger partial charge in [-0.25, -0.2) is 4.79 Å². The lowest BCUT2D eigenvalue weighted by Crippen LogP contribution is -2.32. The highest BCUT2D eigenvalue weighted by Gasteiger charge is 2.28. The first-order chi connectivity index (χ1) is 15.9. The summed E-state index contributed by atoms with van der Waals surface area (Å²) in [7, 11) is 2.90. The maximum atomic E-state index is 13.1. The lowest BCUT2D eigenvalue weighted by molar-refractivity contribution is -0.124. The number of amides is 2. The Balaban J connectivity index is 1.82. The van der Waals surface area contributed by atoms with Crippen LogP contribution in [0.3, 0.4) is 0 Å². The molecule has 33 heavy (non-hydrogen) atoms. The molecule has 1 aromatic heterocycles. The molecule has 2 aromatic rings. The van der Waals surface area contributed by atoms with E-state index in [0.717, 1.165) is 25.7 Å². The lowest BCUT2D eigenvalue weighted by Gasteiger charge is -2.19. The van der Waals surface area contributed by atoms with Gasteiger partial charge in [0.2, 0.25) is 5.91 Å². The number of hydrogen-bond donors (Lipinski definition) is 2. The number of rotatable bonds is 9. The third-order valence-electron chi connectivity index (χ3n) is 5.52. The van der Waals surface area contributed by atoms with E-state index in [2.05, 4.69) is 15.8 Å². The van der Waals surface area contributed by atoms with Crippen LogP contribution in [-0.2, 0) is 14.3 Å². The molecular formula is C23H29N3O7. The summed E-state index contributed by atoms with van der Waals surface area (Å²) in [5.74, 6) is -0.207. The van der Waals surface area contributed by atoms with Gasteiger partial charge in [0.15, 0.2) is 23.4 Å². The molecule has 3 rings (SSSR count). The van der Waals surface area contributed by atoms with Crippen LogP contribution in [0.15, 0.2) is 22.7 Å². The Morgan fingerprint density at radius 1 is 1.09 bits per heavy atom. The number of carbonyl (C=O) groups excluding carboxylic acids is 3. The molecule has 0 unspecified atom stereocenters. The number of nitrogens with zero attached hydrogens (tertiary/aromatic N) is 1. The van der Waals surface area contributed by atoms with E-state index >= 15 is 0 Å². The van der Waals surface area contributed by atoms with E-state index in [-0.39, 0.29) is 35.3 Å². The van der Waals surface area contributed by atoms with E-state index in [1.54, 1.807) is 19.9 Å². The maximum Gasteiger partial charge on any atom is 0.341 e. The molecule has 0 bridgehead atoms. The van der Waals surface area contributed by atoms with Gasteiger partial charge in [0, 0.05) is 24.1 Å². The topological polar surface area (TPSA) is 129 Å². The first kappa shape index (κ1) is 24.1. The number of ether oxygens (including phenoxy) is 3. The minimum absolute atomic E-state index is 0.0579. The Hall–Kier alpha value is -3.56. The average molecular weight is 459 g/mol. The van der Waals surface area contributed by atoms with Crippen LogP contribution in [0.4, 0.5) is 11.5 Å². The number of aryl methyl sites for hydroxylation is 1. The van der Waals surface area contributed by atoms with Crippen LogP contribution in [0.5, 0.6) is 11.5 Å². The minimum atomic E-state index is -1.08. The van der Waals surface area contributed by atoms with E-state index in [4.69, 9.17) is 18.7 Å². The minimum Gasteiger partial charge on any atom is -0.493 e. The Morgan fingerprint density at radius 2 is 1.76 bits per heavy atom. The van der Waals surface area contributed by atoms with E-state index in [1.807, 2.05) is 0 Å². The van der Waals surface area contributed by atoms with Crippen molar-refractivity contribution in [1.82, 2.24) is 5.16 Å². The van der Waals surface area contributed by atoms with Crippen molar-refractivity contribution in [3.05, 3.63) is 29.5 Å². The van der Waals surface area contributed by atoms with Gasteiger partial charge in [-0.1, -0.05) is 24.9 Å². The molecule has 2 amide bonds. The van der Waals surface area contributed by atoms with Gasteiger partial charge in [-0.2, -0.15) is 0 Å². The van der Waals surface area contributed by atoms with E-state index in [0.29, 0.717) is 17.3 Å². The summed E-state index contributed by atoms with van der Waals surface area (Å²) >= 11 is 0. The first-order valence-electron chi connectivity index (χ1n) is 10.9. The molecule has 1 aromatic carbocycles. The Morgan fingerprint density at radius 3 is 2.33 bits per heavy atom. The molecule has 10 nitrogen and oxygen atoms in total. The normalized spacial score (nSPS) is 14.4. The monoisotopic (exact) mass is 459 g/mol. The van der Waals surface area contributed by atoms with Crippen molar-refractivity contribution < 1.29 is 33.1 Å². The fourth-order valence-corrected chi connectivity index (χ4v) is 3.72. The zero-order valence-corrected chi connectivity index (χ0v) is 19.2. The van der Waals surface area contributed by atoms with Gasteiger partial charge >= 0.3 is 5.97 Å². The number of esters is 1. The molecule has 2 N–H and O–H groups in total. The van der Waals surface area contributed by atoms with Gasteiger partial charge in [-0.15, -0.1) is 0 Å². The number of anilines is 2. The quantitative estimate of drug-likeness (QED) is 0.543. The van der Waals surface area contributed by atoms with Gasteiger partial charge in [0.1, 0.15) is 5.76 Å². The number of nitrogens with one attached hydrogen (secondary N) is 2. The number of aromatic nitrogens is 1. The second-order valence-corrected chi connectivity index (χ2v) is 7.84. The van der Waals surface area contributed by atoms with Crippen LogP contribution in [0.1, 0.15) is 55.1 Å². The standard InChI is InChI=1S/C23H29N3O7/c1-5-17(22(28)25-20-10-13(2)33-26-20)32-23(29)15-11-18(30-3)19(31-4)12-16(15)24-21(27)14-8-6-7-9-14/h10-12,14,17H,5-9H2,1-4H3,(H,24,27)(H,25,26,28)/t17-/m0/s1. The number of methoxy groups -OCH3 is 2. The highest BCUT2D eigenvalue weighted by Crippen LogP contribution is 2.35. The third-order valence-corrected chi connectivity index (χ3v) is 5.52. The van der Waals surface area contributed by atoms with E-state index in [9.17, 15) is 14.4 Å². The molecule has 0 saturated heterocycles. The first-order valence-corrected chi connectivity index (χ1v) is 10.9. The van der Waals surface area contributed by atoms with Crippen LogP contribution >= 0.6 is 0 Å². The zero-order valence-electron chi connectivity index (χ0n) is 19.2. The van der Waals surface area contributed by atoms with Crippen molar-refractivity contribution in [3.63, 3.8) is 0 Å². The summed E-state index contributed by atoms with van der Waals surface area (Å²) < 4.78 is 21.0. The highest BCUT2D eigenvalue weighted by molar-refractivity contribution is 6.04. The molecule has 0 radical (unpaired) electrons. The van der Waals surface area contributed by atoms with Gasteiger partial charge in [0.25, 0.3) is 5.91 Å². The summed E-state index contributed by atoms with van der Waals surface area (Å²) in [6.07, 6.45) is 2.75. The maximum absolute atomic E-state index is 13.1. The van der Waals surface area contributed by atoms with E-state index < -0.39 is 18.0 Å². The van der Waals surface area contributed by atoms with Crippen LogP contribution in [-0.4, -0.2) is 43.3 Å². The lowest BCUT2D eigenvalue weighted by atomic mass is 10.1. The molecule has 0 aliphatic heterocycles. The second-order valence-electron chi connectivity index (χ2n) is 7.84. The fourth-order valence-electron chi connectivity index (χ4n) is 3.72. The molecule has 0 spiro atoms. The molecule has 1 heterocycles. The molecular weight excluding hydrogens is 430 g/mol. The van der Waals surface area contributed by atoms with Crippen molar-refractivity contribution >= 4 is 29.3 Å². The second kappa shape index (κ2) is 10.8. The van der Waals surface area contributed by atoms with Crippen molar-refractivity contribution in [3.8, 4) is 11.5 Å². The predicted octanol–water partition coefficient (Wildman–Crippen LogP) is 3.70. The molecule has 1 atom stereocenters. The van der Waals surface area contributed by atoms with Gasteiger partial charge in [-0.05, 0) is 26.2 Å². The summed E-state index contributed by atoms with van der Waals surface area (Å²) in [5, 5.41) is 9.09. The molecule has 1 aliphatic carbocycles. The number of benzene rings is 1. The molecule has 1 fully saturated rings. The summed E-state index contributed by atoms with van der Waals surface area (Å²) in [6.45, 7) is 3.40. The Bertz CT molecular complexity index is 1010. The van der Waals surface area contributed by atoms with E-state index in [1.165, 1.54) is 26.4 Å². The smallest absolute Gasteiger partial charge is 0.341 e. The number of hydrogen-bond acceptors (Lipinski definition) is 8. The largest absolute Gasteiger partial charge is 0.493 e. The molecule has 1 saturated carbocycles. The predicted molar refractivity (Wildman–Crippen MR) is 119 cm³/mol. The molecule has 178 valence electrons.